The molecular formula is C13H14N4O3. The van der Waals surface area contributed by atoms with Crippen LogP contribution in [-0.4, -0.2) is 22.0 Å². The normalized spacial score (nSPS) is 10.3. The highest BCUT2D eigenvalue weighted by Gasteiger charge is 2.22. The van der Waals surface area contributed by atoms with Crippen molar-refractivity contribution in [1.29, 1.82) is 0 Å². The maximum absolute atomic E-state index is 11.1. The van der Waals surface area contributed by atoms with Crippen LogP contribution in [0.5, 0.6) is 5.75 Å². The lowest BCUT2D eigenvalue weighted by Crippen LogP contribution is -2.03. The third-order valence-corrected chi connectivity index (χ3v) is 3.12. The number of benzene rings is 1. The Morgan fingerprint density at radius 3 is 2.65 bits per heavy atom. The molecule has 1 aromatic carbocycles. The number of ether oxygens (including phenoxy) is 1. The van der Waals surface area contributed by atoms with E-state index in [1.807, 2.05) is 19.9 Å². The molecular weight excluding hydrogens is 260 g/mol. The summed E-state index contributed by atoms with van der Waals surface area (Å²) in [5.74, 6) is 0.525. The average molecular weight is 274 g/mol. The number of anilines is 1. The highest BCUT2D eigenvalue weighted by molar-refractivity contribution is 5.77. The van der Waals surface area contributed by atoms with Crippen molar-refractivity contribution in [3.05, 3.63) is 39.6 Å². The van der Waals surface area contributed by atoms with Gasteiger partial charge in [-0.1, -0.05) is 6.07 Å². The second-order valence-corrected chi connectivity index (χ2v) is 4.31. The van der Waals surface area contributed by atoms with Crippen LogP contribution >= 0.6 is 0 Å². The lowest BCUT2D eigenvalue weighted by molar-refractivity contribution is -0.384. The number of methoxy groups -OCH3 is 1. The Hall–Kier alpha value is -2.70. The molecule has 0 spiro atoms. The van der Waals surface area contributed by atoms with E-state index in [0.29, 0.717) is 11.3 Å². The van der Waals surface area contributed by atoms with Gasteiger partial charge in [0.1, 0.15) is 11.9 Å². The monoisotopic (exact) mass is 274 g/mol. The molecule has 1 aromatic heterocycles. The predicted molar refractivity (Wildman–Crippen MR) is 74.6 cm³/mol. The van der Waals surface area contributed by atoms with E-state index in [9.17, 15) is 10.1 Å². The van der Waals surface area contributed by atoms with Crippen LogP contribution in [0.1, 0.15) is 11.1 Å². The molecule has 0 aliphatic carbocycles. The van der Waals surface area contributed by atoms with E-state index in [4.69, 9.17) is 10.5 Å². The molecule has 104 valence electrons. The molecule has 0 radical (unpaired) electrons. The second-order valence-electron chi connectivity index (χ2n) is 4.31. The van der Waals surface area contributed by atoms with Crippen LogP contribution in [0.3, 0.4) is 0 Å². The van der Waals surface area contributed by atoms with Crippen molar-refractivity contribution in [2.24, 2.45) is 0 Å². The van der Waals surface area contributed by atoms with Gasteiger partial charge >= 0.3 is 5.69 Å². The van der Waals surface area contributed by atoms with E-state index in [1.54, 1.807) is 6.07 Å². The topological polar surface area (TPSA) is 104 Å². The third kappa shape index (κ3) is 2.25. The van der Waals surface area contributed by atoms with Gasteiger partial charge in [-0.05, 0) is 31.0 Å². The second kappa shape index (κ2) is 5.12. The first kappa shape index (κ1) is 13.7. The molecule has 0 unspecified atom stereocenters. The lowest BCUT2D eigenvalue weighted by atomic mass is 10.0. The molecule has 20 heavy (non-hydrogen) atoms. The minimum absolute atomic E-state index is 0.0223. The number of rotatable bonds is 3. The summed E-state index contributed by atoms with van der Waals surface area (Å²) < 4.78 is 5.36. The number of nitrogens with zero attached hydrogens (tertiary/aromatic N) is 3. The molecule has 0 aliphatic heterocycles. The highest BCUT2D eigenvalue weighted by atomic mass is 16.6. The van der Waals surface area contributed by atoms with Crippen LogP contribution in [0, 0.1) is 24.0 Å². The molecule has 0 amide bonds. The summed E-state index contributed by atoms with van der Waals surface area (Å²) in [4.78, 5) is 18.2. The fourth-order valence-corrected chi connectivity index (χ4v) is 1.96. The lowest BCUT2D eigenvalue weighted by Gasteiger charge is -2.13. The number of nitrogen functional groups attached to an aromatic ring is 1. The number of nitro groups is 1. The largest absolute Gasteiger partial charge is 0.496 e. The van der Waals surface area contributed by atoms with Gasteiger partial charge in [0.25, 0.3) is 0 Å². The van der Waals surface area contributed by atoms with E-state index >= 15 is 0 Å². The van der Waals surface area contributed by atoms with Crippen molar-refractivity contribution < 1.29 is 9.66 Å². The number of aryl methyl sites for hydroxylation is 1. The Labute approximate surface area is 115 Å². The molecule has 0 fully saturated rings. The minimum Gasteiger partial charge on any atom is -0.496 e. The van der Waals surface area contributed by atoms with Gasteiger partial charge in [-0.15, -0.1) is 0 Å². The number of hydrogen-bond donors (Lipinski definition) is 1. The fourth-order valence-electron chi connectivity index (χ4n) is 1.96. The van der Waals surface area contributed by atoms with Gasteiger partial charge in [-0.2, -0.15) is 0 Å². The first-order valence-corrected chi connectivity index (χ1v) is 5.87. The summed E-state index contributed by atoms with van der Waals surface area (Å²) in [6, 6.07) is 3.59. The quantitative estimate of drug-likeness (QED) is 0.680. The van der Waals surface area contributed by atoms with Crippen LogP contribution in [-0.2, 0) is 0 Å². The van der Waals surface area contributed by atoms with Crippen molar-refractivity contribution in [3.8, 4) is 17.0 Å². The van der Waals surface area contributed by atoms with Gasteiger partial charge in [-0.25, -0.2) is 9.97 Å². The van der Waals surface area contributed by atoms with E-state index in [0.717, 1.165) is 17.3 Å². The molecule has 7 heteroatoms. The molecule has 0 saturated heterocycles. The SMILES string of the molecule is COc1c(-c2nc(N)ncc2[N+](=O)[O-])ccc(C)c1C. The number of aromatic nitrogens is 2. The molecule has 0 aliphatic rings. The van der Waals surface area contributed by atoms with Crippen molar-refractivity contribution in [1.82, 2.24) is 9.97 Å². The van der Waals surface area contributed by atoms with Crippen molar-refractivity contribution >= 4 is 11.6 Å². The zero-order valence-electron chi connectivity index (χ0n) is 11.4. The van der Waals surface area contributed by atoms with Crippen LogP contribution < -0.4 is 10.5 Å². The van der Waals surface area contributed by atoms with Crippen molar-refractivity contribution in [3.63, 3.8) is 0 Å². The van der Waals surface area contributed by atoms with Gasteiger partial charge < -0.3 is 10.5 Å². The summed E-state index contributed by atoms with van der Waals surface area (Å²) in [5.41, 5.74) is 7.93. The summed E-state index contributed by atoms with van der Waals surface area (Å²) in [6.45, 7) is 3.82. The predicted octanol–water partition coefficient (Wildman–Crippen LogP) is 2.26. The molecule has 2 aromatic rings. The van der Waals surface area contributed by atoms with Gasteiger partial charge in [0.15, 0.2) is 5.69 Å². The zero-order valence-corrected chi connectivity index (χ0v) is 11.4. The van der Waals surface area contributed by atoms with Crippen LogP contribution in [0.4, 0.5) is 11.6 Å². The molecule has 7 nitrogen and oxygen atoms in total. The first-order chi connectivity index (χ1) is 9.45. The van der Waals surface area contributed by atoms with Crippen LogP contribution in [0.25, 0.3) is 11.3 Å². The van der Waals surface area contributed by atoms with Crippen molar-refractivity contribution in [2.75, 3.05) is 12.8 Å². The molecule has 1 heterocycles. The van der Waals surface area contributed by atoms with Gasteiger partial charge in [0.05, 0.1) is 12.0 Å². The maximum Gasteiger partial charge on any atom is 0.313 e. The Morgan fingerprint density at radius 1 is 1.35 bits per heavy atom. The van der Waals surface area contributed by atoms with Gasteiger partial charge in [0, 0.05) is 5.56 Å². The van der Waals surface area contributed by atoms with E-state index in [-0.39, 0.29) is 17.3 Å². The number of nitrogens with two attached hydrogens (primary N) is 1. The Kier molecular flexibility index (Phi) is 3.51. The Bertz CT molecular complexity index is 686. The van der Waals surface area contributed by atoms with Crippen molar-refractivity contribution in [2.45, 2.75) is 13.8 Å². The van der Waals surface area contributed by atoms with Gasteiger partial charge in [0.2, 0.25) is 5.95 Å². The van der Waals surface area contributed by atoms with Crippen LogP contribution in [0.2, 0.25) is 0 Å². The molecule has 2 rings (SSSR count). The van der Waals surface area contributed by atoms with E-state index < -0.39 is 4.92 Å². The summed E-state index contributed by atoms with van der Waals surface area (Å²) in [6.07, 6.45) is 1.10. The molecule has 2 N–H and O–H groups in total. The maximum atomic E-state index is 11.1. The molecule has 0 saturated carbocycles. The summed E-state index contributed by atoms with van der Waals surface area (Å²) in [7, 11) is 1.52. The standard InChI is InChI=1S/C13H14N4O3/c1-7-4-5-9(12(20-3)8(7)2)11-10(17(18)19)6-15-13(14)16-11/h4-6H,1-3H3,(H2,14,15,16). The smallest absolute Gasteiger partial charge is 0.313 e. The van der Waals surface area contributed by atoms with Gasteiger partial charge in [-0.3, -0.25) is 10.1 Å². The zero-order chi connectivity index (χ0) is 14.9. The third-order valence-electron chi connectivity index (χ3n) is 3.12. The first-order valence-electron chi connectivity index (χ1n) is 5.87. The molecule has 0 atom stereocenters. The van der Waals surface area contributed by atoms with Crippen LogP contribution in [0.15, 0.2) is 18.3 Å². The fraction of sp³-hybridized carbons (Fsp3) is 0.231. The van der Waals surface area contributed by atoms with E-state index in [1.165, 1.54) is 7.11 Å². The highest BCUT2D eigenvalue weighted by Crippen LogP contribution is 2.37. The summed E-state index contributed by atoms with van der Waals surface area (Å²) >= 11 is 0. The molecule has 0 bridgehead atoms. The Balaban J connectivity index is 2.77. The average Bonchev–Trinajstić information content (AvgIpc) is 2.41. The minimum atomic E-state index is -0.538. The number of hydrogen-bond acceptors (Lipinski definition) is 6. The van der Waals surface area contributed by atoms with E-state index in [2.05, 4.69) is 9.97 Å². The summed E-state index contributed by atoms with van der Waals surface area (Å²) in [5, 5.41) is 11.1. The Morgan fingerprint density at radius 2 is 2.05 bits per heavy atom.